The Kier molecular flexibility index (Phi) is 3.21. The van der Waals surface area contributed by atoms with Crippen molar-refractivity contribution in [2.45, 2.75) is 37.0 Å². The lowest BCUT2D eigenvalue weighted by molar-refractivity contribution is 0.180. The molecule has 3 nitrogen and oxygen atoms in total. The van der Waals surface area contributed by atoms with Gasteiger partial charge >= 0.3 is 6.03 Å². The highest BCUT2D eigenvalue weighted by Gasteiger charge is 2.30. The molecule has 2 amide bonds. The second-order valence-corrected chi connectivity index (χ2v) is 5.23. The minimum absolute atomic E-state index is 0.151. The van der Waals surface area contributed by atoms with Gasteiger partial charge in [0, 0.05) is 24.4 Å². The minimum Gasteiger partial charge on any atom is -0.336 e. The van der Waals surface area contributed by atoms with Gasteiger partial charge in [0.1, 0.15) is 0 Å². The molecule has 0 aromatic rings. The normalized spacial score (nSPS) is 33.2. The fourth-order valence-corrected chi connectivity index (χ4v) is 3.17. The zero-order chi connectivity index (χ0) is 9.97. The molecule has 0 unspecified atom stereocenters. The molecule has 1 saturated heterocycles. The molecule has 0 aromatic carbocycles. The van der Waals surface area contributed by atoms with Crippen LogP contribution in [0.4, 0.5) is 4.79 Å². The van der Waals surface area contributed by atoms with Crippen molar-refractivity contribution in [2.75, 3.05) is 19.3 Å². The van der Waals surface area contributed by atoms with Crippen LogP contribution in [0, 0.1) is 0 Å². The third-order valence-corrected chi connectivity index (χ3v) is 4.45. The van der Waals surface area contributed by atoms with Crippen LogP contribution in [0.3, 0.4) is 0 Å². The van der Waals surface area contributed by atoms with Crippen LogP contribution in [0.25, 0.3) is 0 Å². The van der Waals surface area contributed by atoms with Crippen molar-refractivity contribution in [1.82, 2.24) is 10.2 Å². The van der Waals surface area contributed by atoms with Crippen LogP contribution in [-0.4, -0.2) is 41.6 Å². The van der Waals surface area contributed by atoms with E-state index >= 15 is 0 Å². The number of amides is 2. The number of urea groups is 1. The Bertz CT molecular complexity index is 214. The quantitative estimate of drug-likeness (QED) is 0.758. The first kappa shape index (κ1) is 10.1. The van der Waals surface area contributed by atoms with Gasteiger partial charge in [-0.05, 0) is 31.9 Å². The van der Waals surface area contributed by atoms with Crippen molar-refractivity contribution < 1.29 is 4.79 Å². The van der Waals surface area contributed by atoms with Crippen LogP contribution in [0.2, 0.25) is 0 Å². The third kappa shape index (κ3) is 2.00. The zero-order valence-electron chi connectivity index (χ0n) is 8.66. The zero-order valence-corrected chi connectivity index (χ0v) is 9.48. The van der Waals surface area contributed by atoms with Crippen LogP contribution in [0.15, 0.2) is 0 Å². The number of thioether (sulfide) groups is 1. The fourth-order valence-electron chi connectivity index (χ4n) is 2.43. The second-order valence-electron chi connectivity index (χ2n) is 4.09. The van der Waals surface area contributed by atoms with Gasteiger partial charge in [-0.25, -0.2) is 4.79 Å². The summed E-state index contributed by atoms with van der Waals surface area (Å²) in [4.78, 5) is 13.5. The predicted molar refractivity (Wildman–Crippen MR) is 59.7 cm³/mol. The standard InChI is InChI=1S/C10H18N2OS/c1-14-9-4-2-8(3-5-9)12-7-6-11-10(12)13/h8-9H,2-7H2,1H3,(H,11,13). The molecule has 1 saturated carbocycles. The molecule has 0 atom stereocenters. The maximum Gasteiger partial charge on any atom is 0.317 e. The second kappa shape index (κ2) is 4.43. The monoisotopic (exact) mass is 214 g/mol. The number of hydrogen-bond donors (Lipinski definition) is 1. The van der Waals surface area contributed by atoms with E-state index in [2.05, 4.69) is 11.6 Å². The molecule has 14 heavy (non-hydrogen) atoms. The summed E-state index contributed by atoms with van der Waals surface area (Å²) in [5, 5.41) is 3.70. The number of nitrogens with one attached hydrogen (secondary N) is 1. The van der Waals surface area contributed by atoms with Crippen molar-refractivity contribution in [2.24, 2.45) is 0 Å². The first-order chi connectivity index (χ1) is 6.81. The lowest BCUT2D eigenvalue weighted by Gasteiger charge is -2.33. The summed E-state index contributed by atoms with van der Waals surface area (Å²) in [5.74, 6) is 0. The highest BCUT2D eigenvalue weighted by atomic mass is 32.2. The highest BCUT2D eigenvalue weighted by molar-refractivity contribution is 7.99. The van der Waals surface area contributed by atoms with E-state index in [-0.39, 0.29) is 6.03 Å². The highest BCUT2D eigenvalue weighted by Crippen LogP contribution is 2.29. The van der Waals surface area contributed by atoms with E-state index in [1.165, 1.54) is 25.7 Å². The maximum atomic E-state index is 11.4. The fraction of sp³-hybridized carbons (Fsp3) is 0.900. The van der Waals surface area contributed by atoms with E-state index in [9.17, 15) is 4.79 Å². The molecule has 2 aliphatic rings. The van der Waals surface area contributed by atoms with Crippen LogP contribution >= 0.6 is 11.8 Å². The Morgan fingerprint density at radius 1 is 1.36 bits per heavy atom. The average molecular weight is 214 g/mol. The van der Waals surface area contributed by atoms with E-state index in [1.807, 2.05) is 16.7 Å². The molecule has 1 N–H and O–H groups in total. The smallest absolute Gasteiger partial charge is 0.317 e. The molecule has 0 aromatic heterocycles. The lowest BCUT2D eigenvalue weighted by Crippen LogP contribution is -2.40. The summed E-state index contributed by atoms with van der Waals surface area (Å²) >= 11 is 1.97. The number of hydrogen-bond acceptors (Lipinski definition) is 2. The van der Waals surface area contributed by atoms with E-state index in [4.69, 9.17) is 0 Å². The summed E-state index contributed by atoms with van der Waals surface area (Å²) in [6.07, 6.45) is 7.12. The van der Waals surface area contributed by atoms with E-state index in [0.717, 1.165) is 18.3 Å². The Hall–Kier alpha value is -0.380. The Morgan fingerprint density at radius 3 is 2.57 bits per heavy atom. The van der Waals surface area contributed by atoms with Gasteiger partial charge in [-0.3, -0.25) is 0 Å². The van der Waals surface area contributed by atoms with Gasteiger partial charge in [0.2, 0.25) is 0 Å². The molecule has 0 spiro atoms. The number of carbonyl (C=O) groups excluding carboxylic acids is 1. The molecule has 2 rings (SSSR count). The topological polar surface area (TPSA) is 32.3 Å². The van der Waals surface area contributed by atoms with E-state index in [0.29, 0.717) is 6.04 Å². The molecule has 1 aliphatic carbocycles. The molecular weight excluding hydrogens is 196 g/mol. The molecule has 1 heterocycles. The Balaban J connectivity index is 1.85. The number of rotatable bonds is 2. The van der Waals surface area contributed by atoms with Crippen molar-refractivity contribution in [3.05, 3.63) is 0 Å². The van der Waals surface area contributed by atoms with Gasteiger partial charge in [0.15, 0.2) is 0 Å². The van der Waals surface area contributed by atoms with Crippen molar-refractivity contribution in [3.8, 4) is 0 Å². The van der Waals surface area contributed by atoms with Gasteiger partial charge in [-0.15, -0.1) is 0 Å². The average Bonchev–Trinajstić information content (AvgIpc) is 2.65. The first-order valence-corrected chi connectivity index (χ1v) is 6.67. The summed E-state index contributed by atoms with van der Waals surface area (Å²) < 4.78 is 0. The first-order valence-electron chi connectivity index (χ1n) is 5.38. The summed E-state index contributed by atoms with van der Waals surface area (Å²) in [7, 11) is 0. The van der Waals surface area contributed by atoms with E-state index < -0.39 is 0 Å². The van der Waals surface area contributed by atoms with Crippen LogP contribution in [0.5, 0.6) is 0 Å². The largest absolute Gasteiger partial charge is 0.336 e. The summed E-state index contributed by atoms with van der Waals surface area (Å²) in [6.45, 7) is 1.74. The lowest BCUT2D eigenvalue weighted by atomic mass is 9.94. The summed E-state index contributed by atoms with van der Waals surface area (Å²) in [6, 6.07) is 0.665. The van der Waals surface area contributed by atoms with Crippen molar-refractivity contribution in [1.29, 1.82) is 0 Å². The molecule has 0 radical (unpaired) electrons. The predicted octanol–water partition coefficient (Wildman–Crippen LogP) is 1.69. The van der Waals surface area contributed by atoms with Crippen molar-refractivity contribution >= 4 is 17.8 Å². The van der Waals surface area contributed by atoms with Crippen molar-refractivity contribution in [3.63, 3.8) is 0 Å². The Labute approximate surface area is 89.6 Å². The van der Waals surface area contributed by atoms with E-state index in [1.54, 1.807) is 0 Å². The number of carbonyl (C=O) groups is 1. The van der Waals surface area contributed by atoms with Gasteiger partial charge in [0.25, 0.3) is 0 Å². The maximum absolute atomic E-state index is 11.4. The number of nitrogens with zero attached hydrogens (tertiary/aromatic N) is 1. The van der Waals surface area contributed by atoms with Gasteiger partial charge in [-0.2, -0.15) is 11.8 Å². The van der Waals surface area contributed by atoms with Gasteiger partial charge in [-0.1, -0.05) is 0 Å². The third-order valence-electron chi connectivity index (χ3n) is 3.31. The molecular formula is C10H18N2OS. The molecule has 2 fully saturated rings. The van der Waals surface area contributed by atoms with Crippen LogP contribution < -0.4 is 5.32 Å². The molecule has 0 bridgehead atoms. The molecule has 1 aliphatic heterocycles. The van der Waals surface area contributed by atoms with Gasteiger partial charge in [0.05, 0.1) is 0 Å². The minimum atomic E-state index is 0.151. The Morgan fingerprint density at radius 2 is 2.07 bits per heavy atom. The molecule has 80 valence electrons. The van der Waals surface area contributed by atoms with Crippen LogP contribution in [-0.2, 0) is 0 Å². The molecule has 4 heteroatoms. The summed E-state index contributed by atoms with van der Waals surface area (Å²) in [5.41, 5.74) is 0. The SMILES string of the molecule is CSC1CCC(N2CCNC2=O)CC1. The van der Waals surface area contributed by atoms with Crippen LogP contribution in [0.1, 0.15) is 25.7 Å². The van der Waals surface area contributed by atoms with Gasteiger partial charge < -0.3 is 10.2 Å².